The Morgan fingerprint density at radius 3 is 2.76 bits per heavy atom. The zero-order valence-electron chi connectivity index (χ0n) is 9.34. The van der Waals surface area contributed by atoms with E-state index in [0.717, 1.165) is 17.8 Å². The van der Waals surface area contributed by atoms with Gasteiger partial charge in [-0.25, -0.2) is 4.39 Å². The molecule has 5 heteroatoms. The molecule has 0 saturated carbocycles. The summed E-state index contributed by atoms with van der Waals surface area (Å²) in [6, 6.07) is 2.30. The van der Waals surface area contributed by atoms with Crippen LogP contribution >= 0.6 is 11.8 Å². The van der Waals surface area contributed by atoms with Crippen LogP contribution in [0.1, 0.15) is 12.5 Å². The van der Waals surface area contributed by atoms with E-state index in [1.165, 1.54) is 20.1 Å². The molecule has 0 aliphatic rings. The SMILES string of the molecule is COc1cc(C#CCSC(C)=O)cc(F)c1F. The molecule has 0 unspecified atom stereocenters. The molecule has 0 aromatic heterocycles. The van der Waals surface area contributed by atoms with Crippen LogP contribution in [0.4, 0.5) is 8.78 Å². The molecule has 0 N–H and O–H groups in total. The standard InChI is InChI=1S/C12H10F2O2S/c1-8(15)17-5-3-4-9-6-10(13)12(14)11(7-9)16-2/h6-7H,5H2,1-2H3. The fourth-order valence-corrected chi connectivity index (χ4v) is 1.41. The average molecular weight is 256 g/mol. The zero-order chi connectivity index (χ0) is 12.8. The number of benzene rings is 1. The molecular formula is C12H10F2O2S. The molecule has 17 heavy (non-hydrogen) atoms. The van der Waals surface area contributed by atoms with Crippen molar-refractivity contribution in [1.82, 2.24) is 0 Å². The summed E-state index contributed by atoms with van der Waals surface area (Å²) < 4.78 is 30.8. The maximum Gasteiger partial charge on any atom is 0.200 e. The molecule has 0 atom stereocenters. The van der Waals surface area contributed by atoms with Crippen LogP contribution in [-0.4, -0.2) is 18.0 Å². The Morgan fingerprint density at radius 2 is 2.18 bits per heavy atom. The van der Waals surface area contributed by atoms with Gasteiger partial charge in [-0.2, -0.15) is 4.39 Å². The number of carbonyl (C=O) groups is 1. The Hall–Kier alpha value is -1.54. The normalized spacial score (nSPS) is 9.41. The van der Waals surface area contributed by atoms with Gasteiger partial charge in [-0.05, 0) is 12.1 Å². The van der Waals surface area contributed by atoms with Crippen LogP contribution in [0, 0.1) is 23.5 Å². The Labute approximate surface area is 102 Å². The minimum atomic E-state index is -1.03. The van der Waals surface area contributed by atoms with Gasteiger partial charge < -0.3 is 4.74 Å². The van der Waals surface area contributed by atoms with Gasteiger partial charge in [-0.1, -0.05) is 23.6 Å². The predicted molar refractivity (Wildman–Crippen MR) is 62.9 cm³/mol. The molecule has 1 aromatic carbocycles. The van der Waals surface area contributed by atoms with E-state index in [1.54, 1.807) is 0 Å². The van der Waals surface area contributed by atoms with Crippen LogP contribution in [0.3, 0.4) is 0 Å². The van der Waals surface area contributed by atoms with Crippen molar-refractivity contribution >= 4 is 16.9 Å². The van der Waals surface area contributed by atoms with E-state index in [2.05, 4.69) is 16.6 Å². The highest BCUT2D eigenvalue weighted by molar-refractivity contribution is 8.13. The van der Waals surface area contributed by atoms with Gasteiger partial charge in [0.2, 0.25) is 5.82 Å². The molecule has 0 radical (unpaired) electrons. The van der Waals surface area contributed by atoms with Crippen LogP contribution in [0.15, 0.2) is 12.1 Å². The highest BCUT2D eigenvalue weighted by Crippen LogP contribution is 2.21. The molecule has 0 aliphatic heterocycles. The van der Waals surface area contributed by atoms with Gasteiger partial charge in [0.05, 0.1) is 12.9 Å². The van der Waals surface area contributed by atoms with Crippen LogP contribution in [-0.2, 0) is 4.79 Å². The number of methoxy groups -OCH3 is 1. The first-order chi connectivity index (χ1) is 8.04. The monoisotopic (exact) mass is 256 g/mol. The summed E-state index contributed by atoms with van der Waals surface area (Å²) >= 11 is 1.06. The lowest BCUT2D eigenvalue weighted by Gasteiger charge is -2.02. The van der Waals surface area contributed by atoms with E-state index in [9.17, 15) is 13.6 Å². The lowest BCUT2D eigenvalue weighted by atomic mass is 10.2. The quantitative estimate of drug-likeness (QED) is 0.761. The van der Waals surface area contributed by atoms with Gasteiger partial charge >= 0.3 is 0 Å². The summed E-state index contributed by atoms with van der Waals surface area (Å²) in [6.07, 6.45) is 0. The highest BCUT2D eigenvalue weighted by Gasteiger charge is 2.09. The molecule has 0 heterocycles. The third-order valence-corrected chi connectivity index (χ3v) is 2.49. The molecule has 0 bridgehead atoms. The number of rotatable bonds is 2. The minimum absolute atomic E-state index is 0.0397. The largest absolute Gasteiger partial charge is 0.494 e. The van der Waals surface area contributed by atoms with Gasteiger partial charge in [-0.3, -0.25) is 4.79 Å². The molecule has 0 aliphatic carbocycles. The van der Waals surface area contributed by atoms with Crippen LogP contribution in [0.25, 0.3) is 0 Å². The summed E-state index contributed by atoms with van der Waals surface area (Å²) in [6.45, 7) is 1.44. The van der Waals surface area contributed by atoms with Crippen LogP contribution in [0.5, 0.6) is 5.75 Å². The van der Waals surface area contributed by atoms with E-state index in [0.29, 0.717) is 11.3 Å². The van der Waals surface area contributed by atoms with Crippen molar-refractivity contribution in [3.05, 3.63) is 29.3 Å². The van der Waals surface area contributed by atoms with Crippen molar-refractivity contribution in [3.8, 4) is 17.6 Å². The minimum Gasteiger partial charge on any atom is -0.494 e. The Kier molecular flexibility index (Phi) is 4.98. The first kappa shape index (κ1) is 13.5. The second kappa shape index (κ2) is 6.26. The highest BCUT2D eigenvalue weighted by atomic mass is 32.2. The van der Waals surface area contributed by atoms with Gasteiger partial charge in [-0.15, -0.1) is 0 Å². The number of thioether (sulfide) groups is 1. The van der Waals surface area contributed by atoms with Crippen molar-refractivity contribution in [2.24, 2.45) is 0 Å². The molecule has 0 spiro atoms. The molecule has 1 rings (SSSR count). The van der Waals surface area contributed by atoms with E-state index in [-0.39, 0.29) is 10.9 Å². The van der Waals surface area contributed by atoms with Gasteiger partial charge in [0, 0.05) is 12.5 Å². The topological polar surface area (TPSA) is 26.3 Å². The van der Waals surface area contributed by atoms with Gasteiger partial charge in [0.25, 0.3) is 0 Å². The Bertz CT molecular complexity index is 489. The summed E-state index contributed by atoms with van der Waals surface area (Å²) in [4.78, 5) is 10.6. The van der Waals surface area contributed by atoms with Crippen molar-refractivity contribution in [2.45, 2.75) is 6.92 Å². The summed E-state index contributed by atoms with van der Waals surface area (Å²) in [5.41, 5.74) is 0.310. The predicted octanol–water partition coefficient (Wildman–Crippen LogP) is 2.60. The van der Waals surface area contributed by atoms with E-state index >= 15 is 0 Å². The van der Waals surface area contributed by atoms with Crippen molar-refractivity contribution in [2.75, 3.05) is 12.9 Å². The van der Waals surface area contributed by atoms with Crippen LogP contribution in [0.2, 0.25) is 0 Å². The molecule has 90 valence electrons. The zero-order valence-corrected chi connectivity index (χ0v) is 10.2. The third kappa shape index (κ3) is 4.08. The van der Waals surface area contributed by atoms with Crippen LogP contribution < -0.4 is 4.74 Å². The number of hydrogen-bond acceptors (Lipinski definition) is 3. The number of halogens is 2. The Morgan fingerprint density at radius 1 is 1.47 bits per heavy atom. The molecule has 2 nitrogen and oxygen atoms in total. The summed E-state index contributed by atoms with van der Waals surface area (Å²) in [7, 11) is 1.25. The molecule has 0 saturated heterocycles. The summed E-state index contributed by atoms with van der Waals surface area (Å²) in [5.74, 6) is 3.40. The maximum atomic E-state index is 13.1. The van der Waals surface area contributed by atoms with E-state index in [1.807, 2.05) is 0 Å². The van der Waals surface area contributed by atoms with Gasteiger partial charge in [0.1, 0.15) is 0 Å². The molecule has 1 aromatic rings. The first-order valence-corrected chi connectivity index (χ1v) is 5.68. The fraction of sp³-hybridized carbons (Fsp3) is 0.250. The van der Waals surface area contributed by atoms with E-state index < -0.39 is 11.6 Å². The van der Waals surface area contributed by atoms with Crippen molar-refractivity contribution in [3.63, 3.8) is 0 Å². The number of carbonyl (C=O) groups excluding carboxylic acids is 1. The average Bonchev–Trinajstić information content (AvgIpc) is 2.28. The smallest absolute Gasteiger partial charge is 0.200 e. The second-order valence-corrected chi connectivity index (χ2v) is 4.21. The Balaban J connectivity index is 2.85. The van der Waals surface area contributed by atoms with Gasteiger partial charge in [0.15, 0.2) is 16.7 Å². The second-order valence-electron chi connectivity index (χ2n) is 3.06. The number of hydrogen-bond donors (Lipinski definition) is 0. The molecule has 0 amide bonds. The van der Waals surface area contributed by atoms with Crippen molar-refractivity contribution in [1.29, 1.82) is 0 Å². The number of ether oxygens (including phenoxy) is 1. The lowest BCUT2D eigenvalue weighted by molar-refractivity contribution is -0.109. The molecule has 0 fully saturated rings. The van der Waals surface area contributed by atoms with Crippen molar-refractivity contribution < 1.29 is 18.3 Å². The maximum absolute atomic E-state index is 13.1. The summed E-state index contributed by atoms with van der Waals surface area (Å²) in [5, 5.41) is -0.0397. The van der Waals surface area contributed by atoms with E-state index in [4.69, 9.17) is 0 Å². The first-order valence-electron chi connectivity index (χ1n) is 4.70. The molecular weight excluding hydrogens is 246 g/mol. The third-order valence-electron chi connectivity index (χ3n) is 1.80. The fourth-order valence-electron chi connectivity index (χ4n) is 1.06. The lowest BCUT2D eigenvalue weighted by Crippen LogP contribution is -1.93.